The maximum Gasteiger partial charge on any atom is 0.504 e. The summed E-state index contributed by atoms with van der Waals surface area (Å²) in [6.07, 6.45) is -0.648. The lowest BCUT2D eigenvalue weighted by Gasteiger charge is -2.37. The number of fused-ring (bicyclic) bond motifs is 4. The van der Waals surface area contributed by atoms with Crippen molar-refractivity contribution >= 4 is 37.1 Å². The molecule has 228 valence electrons. The molecule has 2 aliphatic rings. The smallest absolute Gasteiger partial charge is 0.448 e. The Morgan fingerprint density at radius 3 is 2.43 bits per heavy atom. The molecule has 13 nitrogen and oxygen atoms in total. The molecule has 3 heterocycles. The maximum absolute atomic E-state index is 13.5. The molecule has 14 heteroatoms. The van der Waals surface area contributed by atoms with Crippen LogP contribution in [0.1, 0.15) is 37.1 Å². The van der Waals surface area contributed by atoms with Crippen LogP contribution in [-0.2, 0) is 23.4 Å². The van der Waals surface area contributed by atoms with Crippen molar-refractivity contribution in [1.29, 1.82) is 0 Å². The Bertz CT molecular complexity index is 1760. The fourth-order valence-corrected chi connectivity index (χ4v) is 5.92. The number of aromatic nitrogens is 4. The Morgan fingerprint density at radius 1 is 1.09 bits per heavy atom. The van der Waals surface area contributed by atoms with E-state index in [4.69, 9.17) is 14.0 Å². The van der Waals surface area contributed by atoms with Crippen LogP contribution in [0.15, 0.2) is 59.7 Å². The molecule has 2 N–H and O–H groups in total. The molecule has 6 rings (SSSR count). The molecule has 0 radical (unpaired) electrons. The number of nitrogens with one attached hydrogen (secondary N) is 2. The number of imidazole rings is 1. The van der Waals surface area contributed by atoms with E-state index in [9.17, 15) is 18.9 Å². The van der Waals surface area contributed by atoms with Gasteiger partial charge in [-0.15, -0.1) is 4.52 Å². The van der Waals surface area contributed by atoms with Crippen LogP contribution in [0, 0.1) is 5.92 Å². The monoisotopic (exact) mass is 619 g/mol. The Hall–Kier alpha value is -4.45. The molecule has 0 spiro atoms. The number of carbonyl (C=O) groups excluding carboxylic acids is 2. The standard InChI is InChI=1S/C30H31N6O7P/c1-17(2)27(37)33-29-32-26-25(28(38)34-29)31-16-36(26)24-13-35(12-18(43-24)14-42-44(3)40)30(39)41-15-23-21-10-6-4-8-19(21)20-9-5-7-11-22(20)23/h4-11,16-18,23-24H,12-15H2,1-3H3,(H-,32,33,34,37,38)/p+1. The van der Waals surface area contributed by atoms with Crippen molar-refractivity contribution in [3.63, 3.8) is 0 Å². The molecular weight excluding hydrogens is 587 g/mol. The van der Waals surface area contributed by atoms with Crippen LogP contribution in [0.2, 0.25) is 0 Å². The zero-order chi connectivity index (χ0) is 31.0. The van der Waals surface area contributed by atoms with Gasteiger partial charge in [-0.05, 0) is 26.8 Å². The molecule has 2 aromatic carbocycles. The van der Waals surface area contributed by atoms with Crippen LogP contribution in [0.5, 0.6) is 0 Å². The van der Waals surface area contributed by atoms with Crippen LogP contribution >= 0.6 is 8.03 Å². The number of morpholine rings is 1. The number of carbonyl (C=O) groups is 2. The molecule has 1 fully saturated rings. The lowest BCUT2D eigenvalue weighted by Crippen LogP contribution is -2.50. The van der Waals surface area contributed by atoms with Gasteiger partial charge in [0.05, 0.1) is 19.4 Å². The second-order valence-electron chi connectivity index (χ2n) is 11.0. The molecule has 1 saturated heterocycles. The Labute approximate surface area is 253 Å². The third-order valence-corrected chi connectivity index (χ3v) is 8.21. The van der Waals surface area contributed by atoms with Crippen LogP contribution in [0.4, 0.5) is 10.7 Å². The van der Waals surface area contributed by atoms with Gasteiger partial charge < -0.3 is 14.4 Å². The molecular formula is C30H32N6O7P+. The van der Waals surface area contributed by atoms with Gasteiger partial charge >= 0.3 is 14.1 Å². The number of anilines is 1. The number of amides is 2. The number of hydrogen-bond acceptors (Lipinski definition) is 9. The third kappa shape index (κ3) is 5.86. The Balaban J connectivity index is 1.24. The van der Waals surface area contributed by atoms with Gasteiger partial charge in [0.1, 0.15) is 19.3 Å². The molecule has 3 unspecified atom stereocenters. The first-order chi connectivity index (χ1) is 21.2. The molecule has 1 aliphatic heterocycles. The molecule has 4 aromatic rings. The summed E-state index contributed by atoms with van der Waals surface area (Å²) in [4.78, 5) is 51.2. The average molecular weight is 620 g/mol. The van der Waals surface area contributed by atoms with Crippen molar-refractivity contribution in [3.05, 3.63) is 76.3 Å². The summed E-state index contributed by atoms with van der Waals surface area (Å²) in [7, 11) is -1.91. The topological polar surface area (TPSA) is 158 Å². The summed E-state index contributed by atoms with van der Waals surface area (Å²) in [6, 6.07) is 16.2. The van der Waals surface area contributed by atoms with Gasteiger partial charge in [-0.25, -0.2) is 9.78 Å². The van der Waals surface area contributed by atoms with Gasteiger partial charge in [-0.1, -0.05) is 62.4 Å². The highest BCUT2D eigenvalue weighted by Gasteiger charge is 2.36. The van der Waals surface area contributed by atoms with Crippen LogP contribution in [-0.4, -0.2) is 75.5 Å². The fourth-order valence-electron chi connectivity index (χ4n) is 5.54. The first-order valence-corrected chi connectivity index (χ1v) is 15.9. The maximum atomic E-state index is 13.5. The molecule has 2 aromatic heterocycles. The van der Waals surface area contributed by atoms with Crippen LogP contribution in [0.3, 0.4) is 0 Å². The Morgan fingerprint density at radius 2 is 1.77 bits per heavy atom. The normalized spacial score (nSPS) is 18.3. The van der Waals surface area contributed by atoms with E-state index >= 15 is 0 Å². The van der Waals surface area contributed by atoms with E-state index < -0.39 is 32.0 Å². The summed E-state index contributed by atoms with van der Waals surface area (Å²) >= 11 is 0. The van der Waals surface area contributed by atoms with Crippen molar-refractivity contribution < 1.29 is 28.2 Å². The molecule has 2 amide bonds. The highest BCUT2D eigenvalue weighted by Crippen LogP contribution is 2.44. The predicted molar refractivity (Wildman–Crippen MR) is 162 cm³/mol. The first kappa shape index (κ1) is 29.6. The zero-order valence-electron chi connectivity index (χ0n) is 24.4. The number of ether oxygens (including phenoxy) is 2. The van der Waals surface area contributed by atoms with Gasteiger partial charge in [-0.3, -0.25) is 24.5 Å². The van der Waals surface area contributed by atoms with E-state index in [0.717, 1.165) is 22.3 Å². The van der Waals surface area contributed by atoms with Gasteiger partial charge in [0, 0.05) is 11.8 Å². The number of rotatable bonds is 8. The minimum atomic E-state index is -1.91. The van der Waals surface area contributed by atoms with Gasteiger partial charge in [0.2, 0.25) is 11.9 Å². The van der Waals surface area contributed by atoms with Gasteiger partial charge in [0.15, 0.2) is 24.1 Å². The highest BCUT2D eigenvalue weighted by atomic mass is 31.1. The number of nitrogens with zero attached hydrogens (tertiary/aromatic N) is 4. The highest BCUT2D eigenvalue weighted by molar-refractivity contribution is 7.38. The van der Waals surface area contributed by atoms with Crippen molar-refractivity contribution in [2.75, 3.05) is 38.3 Å². The Kier molecular flexibility index (Phi) is 8.26. The van der Waals surface area contributed by atoms with Gasteiger partial charge in [0.25, 0.3) is 5.56 Å². The van der Waals surface area contributed by atoms with E-state index in [2.05, 4.69) is 44.5 Å². The molecule has 3 atom stereocenters. The summed E-state index contributed by atoms with van der Waals surface area (Å²) < 4.78 is 30.7. The SMILES string of the molecule is CC(C)C(=O)Nc1nc2c(ncn2C2CN(C(=O)OCC3c4ccccc4-c4ccccc43)CC(CO[P+](C)=O)O2)c(=O)[nH]1. The summed E-state index contributed by atoms with van der Waals surface area (Å²) in [5.74, 6) is -0.798. The summed E-state index contributed by atoms with van der Waals surface area (Å²) in [5, 5.41) is 2.60. The van der Waals surface area contributed by atoms with Gasteiger partial charge in [-0.2, -0.15) is 4.98 Å². The van der Waals surface area contributed by atoms with Crippen molar-refractivity contribution in [2.45, 2.75) is 32.1 Å². The second kappa shape index (κ2) is 12.3. The van der Waals surface area contributed by atoms with Crippen LogP contribution < -0.4 is 10.9 Å². The lowest BCUT2D eigenvalue weighted by molar-refractivity contribution is -0.124. The molecule has 44 heavy (non-hydrogen) atoms. The second-order valence-corrected chi connectivity index (χ2v) is 12.2. The minimum absolute atomic E-state index is 0.0324. The van der Waals surface area contributed by atoms with Crippen molar-refractivity contribution in [3.8, 4) is 11.1 Å². The molecule has 0 bridgehead atoms. The number of aromatic amines is 1. The summed E-state index contributed by atoms with van der Waals surface area (Å²) in [5.41, 5.74) is 4.11. The van der Waals surface area contributed by atoms with Crippen LogP contribution in [0.25, 0.3) is 22.3 Å². The van der Waals surface area contributed by atoms with E-state index in [0.29, 0.717) is 0 Å². The lowest BCUT2D eigenvalue weighted by atomic mass is 9.98. The van der Waals surface area contributed by atoms with Crippen molar-refractivity contribution in [1.82, 2.24) is 24.4 Å². The first-order valence-electron chi connectivity index (χ1n) is 14.3. The molecule has 1 aliphatic carbocycles. The fraction of sp³-hybridized carbons (Fsp3) is 0.367. The quantitative estimate of drug-likeness (QED) is 0.275. The third-order valence-electron chi connectivity index (χ3n) is 7.70. The summed E-state index contributed by atoms with van der Waals surface area (Å²) in [6.45, 7) is 5.16. The van der Waals surface area contributed by atoms with E-state index in [1.54, 1.807) is 13.8 Å². The average Bonchev–Trinajstić information content (AvgIpc) is 3.58. The molecule has 0 saturated carbocycles. The van der Waals surface area contributed by atoms with E-state index in [1.807, 2.05) is 24.3 Å². The number of hydrogen-bond donors (Lipinski definition) is 2. The number of benzene rings is 2. The largest absolute Gasteiger partial charge is 0.504 e. The zero-order valence-corrected chi connectivity index (χ0v) is 25.3. The minimum Gasteiger partial charge on any atom is -0.448 e. The predicted octanol–water partition coefficient (Wildman–Crippen LogP) is 4.25. The number of H-pyrrole nitrogens is 1. The van der Waals surface area contributed by atoms with E-state index in [-0.39, 0.29) is 61.2 Å². The van der Waals surface area contributed by atoms with Crippen molar-refractivity contribution in [2.24, 2.45) is 5.92 Å². The van der Waals surface area contributed by atoms with E-state index in [1.165, 1.54) is 22.5 Å².